The molecule has 0 saturated carbocycles. The topological polar surface area (TPSA) is 84.0 Å². The fourth-order valence-electron chi connectivity index (χ4n) is 3.52. The van der Waals surface area contributed by atoms with E-state index >= 15 is 0 Å². The molecule has 3 rings (SSSR count). The second-order valence-corrected chi connectivity index (χ2v) is 11.1. The molecule has 0 bridgehead atoms. The Kier molecular flexibility index (Phi) is 6.52. The van der Waals surface area contributed by atoms with Gasteiger partial charge in [-0.25, -0.2) is 21.2 Å². The van der Waals surface area contributed by atoms with Crippen LogP contribution in [0, 0.1) is 5.82 Å². The molecule has 1 atom stereocenters. The monoisotopic (exact) mass is 420 g/mol. The van der Waals surface area contributed by atoms with Crippen LogP contribution in [0.5, 0.6) is 0 Å². The maximum absolute atomic E-state index is 13.2. The molecular formula is C17H25FN2O5S2. The summed E-state index contributed by atoms with van der Waals surface area (Å²) in [7, 11) is -7.12. The zero-order valence-electron chi connectivity index (χ0n) is 15.1. The molecule has 2 aliphatic heterocycles. The van der Waals surface area contributed by atoms with Crippen LogP contribution in [0.1, 0.15) is 12.8 Å². The van der Waals surface area contributed by atoms with Crippen molar-refractivity contribution in [3.63, 3.8) is 0 Å². The van der Waals surface area contributed by atoms with E-state index in [4.69, 9.17) is 4.74 Å². The Hall–Kier alpha value is -1.07. The van der Waals surface area contributed by atoms with Crippen LogP contribution in [0.15, 0.2) is 29.2 Å². The first-order valence-electron chi connectivity index (χ1n) is 9.06. The van der Waals surface area contributed by atoms with Gasteiger partial charge in [-0.3, -0.25) is 4.90 Å². The van der Waals surface area contributed by atoms with E-state index in [1.54, 1.807) is 0 Å². The maximum atomic E-state index is 13.2. The van der Waals surface area contributed by atoms with E-state index in [2.05, 4.69) is 4.90 Å². The first-order valence-corrected chi connectivity index (χ1v) is 12.3. The van der Waals surface area contributed by atoms with Crippen LogP contribution in [0.4, 0.5) is 4.39 Å². The molecule has 0 radical (unpaired) electrons. The number of sulfonamides is 1. The van der Waals surface area contributed by atoms with Crippen molar-refractivity contribution in [3.8, 4) is 0 Å². The molecule has 0 amide bonds. The van der Waals surface area contributed by atoms with Crippen molar-refractivity contribution in [2.45, 2.75) is 23.8 Å². The minimum atomic E-state index is -3.90. The highest BCUT2D eigenvalue weighted by molar-refractivity contribution is 7.92. The highest BCUT2D eigenvalue weighted by Gasteiger charge is 2.38. The molecule has 2 heterocycles. The molecule has 10 heteroatoms. The molecule has 152 valence electrons. The standard InChI is InChI=1S/C17H25FN2O5S2/c18-15-2-4-17(5-3-15)27(23,24)20(16-6-13-26(21,22)14-16)8-1-7-19-9-11-25-12-10-19/h2-5,16H,1,6-14H2/t16-/m0/s1. The molecule has 7 nitrogen and oxygen atoms in total. The van der Waals surface area contributed by atoms with Gasteiger partial charge in [-0.05, 0) is 43.7 Å². The Balaban J connectivity index is 1.75. The van der Waals surface area contributed by atoms with Gasteiger partial charge in [0.05, 0.1) is 29.6 Å². The molecule has 0 unspecified atom stereocenters. The molecule has 27 heavy (non-hydrogen) atoms. The van der Waals surface area contributed by atoms with Crippen LogP contribution in [-0.4, -0.2) is 83.0 Å². The average molecular weight is 421 g/mol. The molecule has 1 aromatic carbocycles. The molecule has 2 fully saturated rings. The lowest BCUT2D eigenvalue weighted by molar-refractivity contribution is 0.0367. The Morgan fingerprint density at radius 3 is 2.44 bits per heavy atom. The summed E-state index contributed by atoms with van der Waals surface area (Å²) in [6, 6.07) is 4.08. The number of morpholine rings is 1. The van der Waals surface area contributed by atoms with Crippen LogP contribution < -0.4 is 0 Å². The number of ether oxygens (including phenoxy) is 1. The Labute approximate surface area is 160 Å². The van der Waals surface area contributed by atoms with Gasteiger partial charge in [0.15, 0.2) is 9.84 Å². The third kappa shape index (κ3) is 5.26. The van der Waals surface area contributed by atoms with Gasteiger partial charge < -0.3 is 4.74 Å². The lowest BCUT2D eigenvalue weighted by atomic mass is 10.2. The molecule has 0 aromatic heterocycles. The highest BCUT2D eigenvalue weighted by atomic mass is 32.2. The second kappa shape index (κ2) is 8.52. The van der Waals surface area contributed by atoms with Gasteiger partial charge in [-0.2, -0.15) is 4.31 Å². The first kappa shape index (κ1) is 20.7. The maximum Gasteiger partial charge on any atom is 0.243 e. The summed E-state index contributed by atoms with van der Waals surface area (Å²) >= 11 is 0. The van der Waals surface area contributed by atoms with E-state index in [-0.39, 0.29) is 22.9 Å². The number of rotatable bonds is 7. The summed E-state index contributed by atoms with van der Waals surface area (Å²) in [6.07, 6.45) is 0.886. The van der Waals surface area contributed by atoms with Gasteiger partial charge >= 0.3 is 0 Å². The summed E-state index contributed by atoms with van der Waals surface area (Å²) in [6.45, 7) is 3.90. The lowest BCUT2D eigenvalue weighted by Crippen LogP contribution is -2.43. The van der Waals surface area contributed by atoms with Gasteiger partial charge in [-0.1, -0.05) is 0 Å². The SMILES string of the molecule is O=S1(=O)CC[C@H](N(CCCN2CCOCC2)S(=O)(=O)c2ccc(F)cc2)C1. The van der Waals surface area contributed by atoms with E-state index in [0.717, 1.165) is 31.8 Å². The molecule has 1 aromatic rings. The zero-order chi connectivity index (χ0) is 19.5. The van der Waals surface area contributed by atoms with Gasteiger partial charge in [-0.15, -0.1) is 0 Å². The summed E-state index contributed by atoms with van der Waals surface area (Å²) in [5.74, 6) is -0.682. The van der Waals surface area contributed by atoms with Crippen molar-refractivity contribution in [2.24, 2.45) is 0 Å². The second-order valence-electron chi connectivity index (χ2n) is 6.93. The highest BCUT2D eigenvalue weighted by Crippen LogP contribution is 2.25. The van der Waals surface area contributed by atoms with Crippen molar-refractivity contribution in [3.05, 3.63) is 30.1 Å². The molecule has 2 saturated heterocycles. The number of benzene rings is 1. The smallest absolute Gasteiger partial charge is 0.243 e. The quantitative estimate of drug-likeness (QED) is 0.647. The fraction of sp³-hybridized carbons (Fsp3) is 0.647. The van der Waals surface area contributed by atoms with Crippen molar-refractivity contribution >= 4 is 19.9 Å². The van der Waals surface area contributed by atoms with E-state index in [1.807, 2.05) is 0 Å². The van der Waals surface area contributed by atoms with Crippen molar-refractivity contribution in [1.82, 2.24) is 9.21 Å². The predicted molar refractivity (Wildman–Crippen MR) is 99.2 cm³/mol. The van der Waals surface area contributed by atoms with Crippen molar-refractivity contribution in [2.75, 3.05) is 50.9 Å². The van der Waals surface area contributed by atoms with Crippen LogP contribution in [0.25, 0.3) is 0 Å². The van der Waals surface area contributed by atoms with Gasteiger partial charge in [0, 0.05) is 25.7 Å². The number of halogens is 1. The van der Waals surface area contributed by atoms with E-state index < -0.39 is 31.7 Å². The number of hydrogen-bond donors (Lipinski definition) is 0. The van der Waals surface area contributed by atoms with Crippen LogP contribution >= 0.6 is 0 Å². The van der Waals surface area contributed by atoms with Crippen LogP contribution in [0.3, 0.4) is 0 Å². The van der Waals surface area contributed by atoms with Gasteiger partial charge in [0.2, 0.25) is 10.0 Å². The summed E-state index contributed by atoms with van der Waals surface area (Å²) in [5.41, 5.74) is 0. The normalized spacial score (nSPS) is 23.7. The summed E-state index contributed by atoms with van der Waals surface area (Å²) in [4.78, 5) is 2.19. The van der Waals surface area contributed by atoms with Gasteiger partial charge in [0.1, 0.15) is 5.82 Å². The fourth-order valence-corrected chi connectivity index (χ4v) is 7.04. The summed E-state index contributed by atoms with van der Waals surface area (Å²) in [5, 5.41) is 0. The van der Waals surface area contributed by atoms with E-state index in [9.17, 15) is 21.2 Å². The number of nitrogens with zero attached hydrogens (tertiary/aromatic N) is 2. The Morgan fingerprint density at radius 2 is 1.85 bits per heavy atom. The van der Waals surface area contributed by atoms with E-state index in [0.29, 0.717) is 26.1 Å². The van der Waals surface area contributed by atoms with Crippen molar-refractivity contribution < 1.29 is 26.0 Å². The lowest BCUT2D eigenvalue weighted by Gasteiger charge is -2.30. The summed E-state index contributed by atoms with van der Waals surface area (Å²) < 4.78 is 69.7. The number of hydrogen-bond acceptors (Lipinski definition) is 6. The third-order valence-electron chi connectivity index (χ3n) is 4.99. The Bertz CT molecular complexity index is 837. The predicted octanol–water partition coefficient (Wildman–Crippen LogP) is 0.726. The largest absolute Gasteiger partial charge is 0.379 e. The molecular weight excluding hydrogens is 395 g/mol. The molecule has 0 aliphatic carbocycles. The van der Waals surface area contributed by atoms with E-state index in [1.165, 1.54) is 16.4 Å². The average Bonchev–Trinajstić information content (AvgIpc) is 2.99. The van der Waals surface area contributed by atoms with Crippen LogP contribution in [-0.2, 0) is 24.6 Å². The Morgan fingerprint density at radius 1 is 1.19 bits per heavy atom. The minimum Gasteiger partial charge on any atom is -0.379 e. The van der Waals surface area contributed by atoms with Crippen LogP contribution in [0.2, 0.25) is 0 Å². The minimum absolute atomic E-state index is 0.00340. The molecule has 0 N–H and O–H groups in total. The molecule has 0 spiro atoms. The third-order valence-corrected chi connectivity index (χ3v) is 8.71. The van der Waals surface area contributed by atoms with Gasteiger partial charge in [0.25, 0.3) is 0 Å². The first-order chi connectivity index (χ1) is 12.8. The van der Waals surface area contributed by atoms with Crippen molar-refractivity contribution in [1.29, 1.82) is 0 Å². The molecule has 2 aliphatic rings. The zero-order valence-corrected chi connectivity index (χ0v) is 16.7. The number of sulfone groups is 1.